The van der Waals surface area contributed by atoms with Gasteiger partial charge in [-0.05, 0) is 43.2 Å². The second-order valence-corrected chi connectivity index (χ2v) is 5.85. The molecule has 1 atom stereocenters. The zero-order chi connectivity index (χ0) is 16.1. The number of amides is 1. The van der Waals surface area contributed by atoms with Crippen molar-refractivity contribution in [2.24, 2.45) is 5.92 Å². The van der Waals surface area contributed by atoms with Gasteiger partial charge < -0.3 is 19.4 Å². The largest absolute Gasteiger partial charge is 0.497 e. The van der Waals surface area contributed by atoms with E-state index >= 15 is 0 Å². The normalized spacial score (nSPS) is 17.8. The van der Waals surface area contributed by atoms with E-state index in [0.29, 0.717) is 12.5 Å². The molecule has 23 heavy (non-hydrogen) atoms. The smallest absolute Gasteiger partial charge is 0.255 e. The van der Waals surface area contributed by atoms with E-state index in [2.05, 4.69) is 4.98 Å². The summed E-state index contributed by atoms with van der Waals surface area (Å²) in [6.07, 6.45) is 5.64. The minimum atomic E-state index is 0.0976. The molecule has 5 heteroatoms. The Morgan fingerprint density at radius 1 is 1.26 bits per heavy atom. The molecular weight excluding hydrogens is 292 g/mol. The average Bonchev–Trinajstić information content (AvgIpc) is 3.14. The summed E-state index contributed by atoms with van der Waals surface area (Å²) >= 11 is 0. The molecule has 1 aromatic carbocycles. The van der Waals surface area contributed by atoms with Gasteiger partial charge in [-0.2, -0.15) is 0 Å². The van der Waals surface area contributed by atoms with Crippen LogP contribution >= 0.6 is 0 Å². The molecule has 2 aromatic rings. The first-order chi connectivity index (χ1) is 11.3. The molecule has 1 aromatic heterocycles. The average molecular weight is 314 g/mol. The SMILES string of the molecule is COc1ccc(OC[C@H]2CCCN(C(=O)c3cc[nH]c3)C2)cc1. The molecule has 5 nitrogen and oxygen atoms in total. The Balaban J connectivity index is 1.53. The van der Waals surface area contributed by atoms with Crippen molar-refractivity contribution in [2.45, 2.75) is 12.8 Å². The number of likely N-dealkylation sites (tertiary alicyclic amines) is 1. The van der Waals surface area contributed by atoms with Gasteiger partial charge in [0.1, 0.15) is 11.5 Å². The van der Waals surface area contributed by atoms with Crippen LogP contribution in [0.1, 0.15) is 23.2 Å². The molecule has 1 fully saturated rings. The van der Waals surface area contributed by atoms with E-state index in [4.69, 9.17) is 9.47 Å². The summed E-state index contributed by atoms with van der Waals surface area (Å²) in [6.45, 7) is 2.20. The van der Waals surface area contributed by atoms with Gasteiger partial charge in [-0.1, -0.05) is 0 Å². The Morgan fingerprint density at radius 2 is 2.04 bits per heavy atom. The summed E-state index contributed by atoms with van der Waals surface area (Å²) in [7, 11) is 1.65. The summed E-state index contributed by atoms with van der Waals surface area (Å²) in [4.78, 5) is 17.3. The third-order valence-corrected chi connectivity index (χ3v) is 4.20. The Kier molecular flexibility index (Phi) is 4.86. The van der Waals surface area contributed by atoms with Gasteiger partial charge in [-0.25, -0.2) is 0 Å². The molecule has 0 unspecified atom stereocenters. The van der Waals surface area contributed by atoms with E-state index in [-0.39, 0.29) is 5.91 Å². The van der Waals surface area contributed by atoms with Crippen molar-refractivity contribution in [2.75, 3.05) is 26.8 Å². The van der Waals surface area contributed by atoms with E-state index in [1.54, 1.807) is 19.5 Å². The van der Waals surface area contributed by atoms with Crippen LogP contribution in [0.2, 0.25) is 0 Å². The second-order valence-electron chi connectivity index (χ2n) is 5.85. The lowest BCUT2D eigenvalue weighted by molar-refractivity contribution is 0.0633. The van der Waals surface area contributed by atoms with E-state index in [1.807, 2.05) is 35.2 Å². The molecular formula is C18H22N2O3. The monoisotopic (exact) mass is 314 g/mol. The minimum absolute atomic E-state index is 0.0976. The van der Waals surface area contributed by atoms with Crippen LogP contribution in [0, 0.1) is 5.92 Å². The summed E-state index contributed by atoms with van der Waals surface area (Å²) in [5, 5.41) is 0. The number of hydrogen-bond donors (Lipinski definition) is 1. The van der Waals surface area contributed by atoms with E-state index in [9.17, 15) is 4.79 Å². The predicted octanol–water partition coefficient (Wildman–Crippen LogP) is 2.95. The van der Waals surface area contributed by atoms with Gasteiger partial charge in [0.2, 0.25) is 0 Å². The number of nitrogens with zero attached hydrogens (tertiary/aromatic N) is 1. The van der Waals surface area contributed by atoms with Gasteiger partial charge in [-0.3, -0.25) is 4.79 Å². The fraction of sp³-hybridized carbons (Fsp3) is 0.389. The van der Waals surface area contributed by atoms with E-state index in [1.165, 1.54) is 0 Å². The van der Waals surface area contributed by atoms with Crippen LogP contribution in [-0.4, -0.2) is 42.6 Å². The van der Waals surface area contributed by atoms with Crippen LogP contribution in [0.25, 0.3) is 0 Å². The molecule has 0 aliphatic carbocycles. The topological polar surface area (TPSA) is 54.6 Å². The molecule has 1 N–H and O–H groups in total. The zero-order valence-electron chi connectivity index (χ0n) is 13.3. The number of ether oxygens (including phenoxy) is 2. The van der Waals surface area contributed by atoms with Crippen molar-refractivity contribution < 1.29 is 14.3 Å². The third kappa shape index (κ3) is 3.86. The van der Waals surface area contributed by atoms with Crippen LogP contribution < -0.4 is 9.47 Å². The van der Waals surface area contributed by atoms with Gasteiger partial charge in [0, 0.05) is 31.4 Å². The molecule has 3 rings (SSSR count). The van der Waals surface area contributed by atoms with Crippen LogP contribution in [-0.2, 0) is 0 Å². The second kappa shape index (κ2) is 7.22. The lowest BCUT2D eigenvalue weighted by Crippen LogP contribution is -2.41. The highest BCUT2D eigenvalue weighted by Crippen LogP contribution is 2.22. The number of hydrogen-bond acceptors (Lipinski definition) is 3. The number of benzene rings is 1. The molecule has 1 aliphatic heterocycles. The molecule has 122 valence electrons. The first-order valence-electron chi connectivity index (χ1n) is 7.95. The number of carbonyl (C=O) groups is 1. The van der Waals surface area contributed by atoms with E-state index in [0.717, 1.165) is 43.0 Å². The highest BCUT2D eigenvalue weighted by molar-refractivity contribution is 5.94. The number of nitrogens with one attached hydrogen (secondary N) is 1. The fourth-order valence-electron chi connectivity index (χ4n) is 2.91. The van der Waals surface area contributed by atoms with Crippen molar-refractivity contribution in [3.63, 3.8) is 0 Å². The summed E-state index contributed by atoms with van der Waals surface area (Å²) in [5.41, 5.74) is 0.724. The minimum Gasteiger partial charge on any atom is -0.497 e. The number of H-pyrrole nitrogens is 1. The van der Waals surface area contributed by atoms with E-state index < -0.39 is 0 Å². The number of methoxy groups -OCH3 is 1. The summed E-state index contributed by atoms with van der Waals surface area (Å²) < 4.78 is 11.0. The summed E-state index contributed by atoms with van der Waals surface area (Å²) in [6, 6.07) is 9.41. The third-order valence-electron chi connectivity index (χ3n) is 4.20. The van der Waals surface area contributed by atoms with Gasteiger partial charge >= 0.3 is 0 Å². The Bertz CT molecular complexity index is 622. The van der Waals surface area contributed by atoms with Crippen molar-refractivity contribution in [3.05, 3.63) is 48.3 Å². The maximum absolute atomic E-state index is 12.4. The molecule has 0 spiro atoms. The van der Waals surface area contributed by atoms with Crippen molar-refractivity contribution in [1.82, 2.24) is 9.88 Å². The number of piperidine rings is 1. The van der Waals surface area contributed by atoms with Gasteiger partial charge in [0.05, 0.1) is 19.3 Å². The zero-order valence-corrected chi connectivity index (χ0v) is 13.3. The lowest BCUT2D eigenvalue weighted by atomic mass is 9.98. The van der Waals surface area contributed by atoms with Crippen molar-refractivity contribution in [3.8, 4) is 11.5 Å². The first-order valence-corrected chi connectivity index (χ1v) is 7.95. The molecule has 0 saturated carbocycles. The fourth-order valence-corrected chi connectivity index (χ4v) is 2.91. The Hall–Kier alpha value is -2.43. The van der Waals surface area contributed by atoms with Gasteiger partial charge in [0.15, 0.2) is 0 Å². The number of carbonyl (C=O) groups excluding carboxylic acids is 1. The first kappa shape index (κ1) is 15.5. The molecule has 0 bridgehead atoms. The molecule has 0 radical (unpaired) electrons. The van der Waals surface area contributed by atoms with Crippen LogP contribution in [0.3, 0.4) is 0 Å². The van der Waals surface area contributed by atoms with Crippen LogP contribution in [0.4, 0.5) is 0 Å². The summed E-state index contributed by atoms with van der Waals surface area (Å²) in [5.74, 6) is 2.12. The Labute approximate surface area is 136 Å². The highest BCUT2D eigenvalue weighted by atomic mass is 16.5. The molecule has 1 aliphatic rings. The number of aromatic amines is 1. The van der Waals surface area contributed by atoms with Crippen LogP contribution in [0.5, 0.6) is 11.5 Å². The standard InChI is InChI=1S/C18H22N2O3/c1-22-16-4-6-17(7-5-16)23-13-14-3-2-10-20(12-14)18(21)15-8-9-19-11-15/h4-9,11,14,19H,2-3,10,12-13H2,1H3/t14-/m0/s1. The maximum atomic E-state index is 12.4. The number of aromatic nitrogens is 1. The number of rotatable bonds is 5. The quantitative estimate of drug-likeness (QED) is 0.923. The maximum Gasteiger partial charge on any atom is 0.255 e. The Morgan fingerprint density at radius 3 is 2.74 bits per heavy atom. The molecule has 1 saturated heterocycles. The van der Waals surface area contributed by atoms with Crippen LogP contribution in [0.15, 0.2) is 42.7 Å². The predicted molar refractivity (Wildman–Crippen MR) is 87.9 cm³/mol. The molecule has 1 amide bonds. The van der Waals surface area contributed by atoms with Gasteiger partial charge in [-0.15, -0.1) is 0 Å². The lowest BCUT2D eigenvalue weighted by Gasteiger charge is -2.32. The van der Waals surface area contributed by atoms with Crippen molar-refractivity contribution in [1.29, 1.82) is 0 Å². The van der Waals surface area contributed by atoms with Crippen molar-refractivity contribution >= 4 is 5.91 Å². The molecule has 2 heterocycles. The highest BCUT2D eigenvalue weighted by Gasteiger charge is 2.25. The van der Waals surface area contributed by atoms with Gasteiger partial charge in [0.25, 0.3) is 5.91 Å².